The number of piperazine rings is 1. The molecule has 0 bridgehead atoms. The summed E-state index contributed by atoms with van der Waals surface area (Å²) in [5.41, 5.74) is 2.74. The number of anilines is 1. The molecule has 8 heteroatoms. The summed E-state index contributed by atoms with van der Waals surface area (Å²) >= 11 is 0. The quantitative estimate of drug-likeness (QED) is 0.411. The third-order valence-corrected chi connectivity index (χ3v) is 6.45. The number of carbonyl (C=O) groups excluding carboxylic acids is 1. The number of para-hydroxylation sites is 1. The Labute approximate surface area is 204 Å². The number of rotatable bonds is 6. The first-order valence-corrected chi connectivity index (χ1v) is 12.2. The fraction of sp³-hybridized carbons (Fsp3) is 0.333. The number of nitrogens with zero attached hydrogens (tertiary/aromatic N) is 6. The van der Waals surface area contributed by atoms with E-state index in [-0.39, 0.29) is 11.5 Å². The zero-order chi connectivity index (χ0) is 24.4. The smallest absolute Gasteiger partial charge is 0.256 e. The maximum absolute atomic E-state index is 14.2. The predicted octanol–water partition coefficient (Wildman–Crippen LogP) is 4.57. The van der Waals surface area contributed by atoms with E-state index in [0.717, 1.165) is 53.3 Å². The second-order valence-corrected chi connectivity index (χ2v) is 8.86. The summed E-state index contributed by atoms with van der Waals surface area (Å²) in [6, 6.07) is 16.2. The second kappa shape index (κ2) is 9.82. The molecule has 4 aromatic rings. The van der Waals surface area contributed by atoms with Crippen LogP contribution in [0.4, 0.5) is 10.2 Å². The molecule has 0 saturated carbocycles. The normalized spacial score (nSPS) is 14.0. The van der Waals surface area contributed by atoms with Crippen molar-refractivity contribution in [3.63, 3.8) is 0 Å². The van der Waals surface area contributed by atoms with Gasteiger partial charge in [-0.25, -0.2) is 19.0 Å². The molecule has 0 N–H and O–H groups in total. The summed E-state index contributed by atoms with van der Waals surface area (Å²) in [6.45, 7) is 6.34. The highest BCUT2D eigenvalue weighted by Crippen LogP contribution is 2.30. The lowest BCUT2D eigenvalue weighted by atomic mass is 10.1. The molecule has 7 nitrogen and oxygen atoms in total. The van der Waals surface area contributed by atoms with Crippen LogP contribution >= 0.6 is 0 Å². The molecule has 1 fully saturated rings. The molecule has 0 unspecified atom stereocenters. The lowest BCUT2D eigenvalue weighted by Crippen LogP contribution is -2.49. The Kier molecular flexibility index (Phi) is 6.44. The fourth-order valence-electron chi connectivity index (χ4n) is 4.56. The zero-order valence-electron chi connectivity index (χ0n) is 20.1. The van der Waals surface area contributed by atoms with Gasteiger partial charge in [-0.3, -0.25) is 4.79 Å². The number of aryl methyl sites for hydroxylation is 2. The van der Waals surface area contributed by atoms with Gasteiger partial charge in [0.05, 0.1) is 22.3 Å². The van der Waals surface area contributed by atoms with E-state index < -0.39 is 5.82 Å². The Morgan fingerprint density at radius 2 is 1.69 bits per heavy atom. The molecular weight excluding hydrogens is 443 g/mol. The number of amides is 1. The monoisotopic (exact) mass is 472 g/mol. The van der Waals surface area contributed by atoms with Gasteiger partial charge in [0.25, 0.3) is 5.91 Å². The van der Waals surface area contributed by atoms with Crippen molar-refractivity contribution in [1.29, 1.82) is 0 Å². The SMILES string of the molecule is CCCCc1nc(N2CCN(C(=O)c3ccccc3F)CC2)c2c(C)nn(-c3ccccc3)c2n1. The van der Waals surface area contributed by atoms with Gasteiger partial charge in [-0.2, -0.15) is 5.10 Å². The van der Waals surface area contributed by atoms with Crippen LogP contribution in [0.2, 0.25) is 0 Å². The van der Waals surface area contributed by atoms with Crippen molar-refractivity contribution in [2.24, 2.45) is 0 Å². The van der Waals surface area contributed by atoms with Gasteiger partial charge in [-0.05, 0) is 37.6 Å². The molecule has 2 aromatic carbocycles. The number of carbonyl (C=O) groups is 1. The minimum absolute atomic E-state index is 0.118. The standard InChI is InChI=1S/C27H29FN6O/c1-3-4-14-23-29-25(24-19(2)31-34(26(24)30-23)20-10-6-5-7-11-20)32-15-17-33(18-16-32)27(35)21-12-8-9-13-22(21)28/h5-13H,3-4,14-18H2,1-2H3. The number of halogens is 1. The lowest BCUT2D eigenvalue weighted by Gasteiger charge is -2.36. The molecule has 180 valence electrons. The van der Waals surface area contributed by atoms with E-state index in [0.29, 0.717) is 26.2 Å². The average molecular weight is 473 g/mol. The first kappa shape index (κ1) is 23.0. The molecule has 1 aliphatic heterocycles. The van der Waals surface area contributed by atoms with Gasteiger partial charge in [0, 0.05) is 32.6 Å². The summed E-state index contributed by atoms with van der Waals surface area (Å²) in [6.07, 6.45) is 2.86. The fourth-order valence-corrected chi connectivity index (χ4v) is 4.56. The van der Waals surface area contributed by atoms with Crippen LogP contribution in [0.25, 0.3) is 16.7 Å². The van der Waals surface area contributed by atoms with Crippen molar-refractivity contribution in [3.05, 3.63) is 77.5 Å². The Balaban J connectivity index is 1.47. The maximum atomic E-state index is 14.2. The summed E-state index contributed by atoms with van der Waals surface area (Å²) in [4.78, 5) is 26.7. The van der Waals surface area contributed by atoms with Crippen LogP contribution in [0.5, 0.6) is 0 Å². The van der Waals surface area contributed by atoms with Gasteiger partial charge in [0.2, 0.25) is 0 Å². The van der Waals surface area contributed by atoms with E-state index in [9.17, 15) is 9.18 Å². The van der Waals surface area contributed by atoms with Crippen LogP contribution in [-0.2, 0) is 6.42 Å². The van der Waals surface area contributed by atoms with Crippen molar-refractivity contribution in [2.75, 3.05) is 31.1 Å². The molecule has 1 amide bonds. The van der Waals surface area contributed by atoms with E-state index in [4.69, 9.17) is 15.1 Å². The van der Waals surface area contributed by atoms with Gasteiger partial charge < -0.3 is 9.80 Å². The number of hydrogen-bond acceptors (Lipinski definition) is 5. The van der Waals surface area contributed by atoms with E-state index in [2.05, 4.69) is 11.8 Å². The van der Waals surface area contributed by atoms with Crippen LogP contribution in [0.1, 0.15) is 41.6 Å². The molecule has 0 aliphatic carbocycles. The number of fused-ring (bicyclic) bond motifs is 1. The van der Waals surface area contributed by atoms with Crippen LogP contribution in [0.3, 0.4) is 0 Å². The van der Waals surface area contributed by atoms with Crippen LogP contribution in [0.15, 0.2) is 54.6 Å². The van der Waals surface area contributed by atoms with E-state index in [1.807, 2.05) is 41.9 Å². The molecule has 1 aliphatic rings. The predicted molar refractivity (Wildman–Crippen MR) is 135 cm³/mol. The summed E-state index contributed by atoms with van der Waals surface area (Å²) in [5, 5.41) is 5.74. The maximum Gasteiger partial charge on any atom is 0.256 e. The topological polar surface area (TPSA) is 67.2 Å². The van der Waals surface area contributed by atoms with Gasteiger partial charge in [0.15, 0.2) is 5.65 Å². The molecule has 1 saturated heterocycles. The molecule has 0 radical (unpaired) electrons. The Bertz CT molecular complexity index is 1340. The summed E-state index contributed by atoms with van der Waals surface area (Å²) in [7, 11) is 0. The highest BCUT2D eigenvalue weighted by molar-refractivity contribution is 5.95. The van der Waals surface area contributed by atoms with Crippen LogP contribution < -0.4 is 4.90 Å². The Hall–Kier alpha value is -3.81. The van der Waals surface area contributed by atoms with E-state index in [1.54, 1.807) is 23.1 Å². The van der Waals surface area contributed by atoms with E-state index in [1.165, 1.54) is 6.07 Å². The Morgan fingerprint density at radius 3 is 2.40 bits per heavy atom. The highest BCUT2D eigenvalue weighted by Gasteiger charge is 2.27. The Morgan fingerprint density at radius 1 is 0.971 bits per heavy atom. The molecule has 0 atom stereocenters. The minimum atomic E-state index is -0.484. The average Bonchev–Trinajstić information content (AvgIpc) is 3.24. The van der Waals surface area contributed by atoms with E-state index >= 15 is 0 Å². The number of aromatic nitrogens is 4. The molecule has 35 heavy (non-hydrogen) atoms. The summed E-state index contributed by atoms with van der Waals surface area (Å²) in [5.74, 6) is 0.907. The third kappa shape index (κ3) is 4.48. The van der Waals surface area contributed by atoms with Crippen molar-refractivity contribution >= 4 is 22.8 Å². The van der Waals surface area contributed by atoms with Crippen molar-refractivity contribution in [3.8, 4) is 5.69 Å². The molecule has 5 rings (SSSR count). The first-order valence-electron chi connectivity index (χ1n) is 12.2. The molecule has 3 heterocycles. The third-order valence-electron chi connectivity index (χ3n) is 6.45. The zero-order valence-corrected chi connectivity index (χ0v) is 20.1. The minimum Gasteiger partial charge on any atom is -0.352 e. The summed E-state index contributed by atoms with van der Waals surface area (Å²) < 4.78 is 16.1. The van der Waals surface area contributed by atoms with Crippen LogP contribution in [-0.4, -0.2) is 56.7 Å². The number of hydrogen-bond donors (Lipinski definition) is 0. The van der Waals surface area contributed by atoms with Crippen molar-refractivity contribution in [2.45, 2.75) is 33.1 Å². The van der Waals surface area contributed by atoms with Gasteiger partial charge >= 0.3 is 0 Å². The molecule has 2 aromatic heterocycles. The largest absolute Gasteiger partial charge is 0.352 e. The van der Waals surface area contributed by atoms with Gasteiger partial charge in [-0.15, -0.1) is 0 Å². The van der Waals surface area contributed by atoms with Gasteiger partial charge in [0.1, 0.15) is 17.5 Å². The molecule has 0 spiro atoms. The van der Waals surface area contributed by atoms with Gasteiger partial charge in [-0.1, -0.05) is 43.7 Å². The second-order valence-electron chi connectivity index (χ2n) is 8.86. The molecular formula is C27H29FN6O. The highest BCUT2D eigenvalue weighted by atomic mass is 19.1. The first-order chi connectivity index (χ1) is 17.1. The van der Waals surface area contributed by atoms with Crippen LogP contribution in [0, 0.1) is 12.7 Å². The lowest BCUT2D eigenvalue weighted by molar-refractivity contribution is 0.0742. The number of benzene rings is 2. The van der Waals surface area contributed by atoms with Crippen molar-refractivity contribution in [1.82, 2.24) is 24.6 Å². The van der Waals surface area contributed by atoms with Crippen molar-refractivity contribution < 1.29 is 9.18 Å². The number of unbranched alkanes of at least 4 members (excludes halogenated alkanes) is 1.